The van der Waals surface area contributed by atoms with Crippen molar-refractivity contribution in [3.8, 4) is 0 Å². The first-order valence-corrected chi connectivity index (χ1v) is 13.6. The Morgan fingerprint density at radius 3 is 2.37 bits per heavy atom. The van der Waals surface area contributed by atoms with Crippen LogP contribution in [0.15, 0.2) is 88.8 Å². The molecule has 2 amide bonds. The Bertz CT molecular complexity index is 1420. The Kier molecular flexibility index (Phi) is 6.68. The van der Waals surface area contributed by atoms with Crippen LogP contribution in [0.5, 0.6) is 0 Å². The van der Waals surface area contributed by atoms with Crippen LogP contribution in [0, 0.1) is 5.82 Å². The van der Waals surface area contributed by atoms with Gasteiger partial charge in [-0.1, -0.05) is 54.2 Å². The minimum atomic E-state index is -0.499. The number of thioether (sulfide) groups is 1. The van der Waals surface area contributed by atoms with Crippen molar-refractivity contribution >= 4 is 46.0 Å². The molecule has 1 atom stereocenters. The molecular formula is C29H26FN5O2S. The minimum absolute atomic E-state index is 0.0268. The first-order valence-electron chi connectivity index (χ1n) is 12.6. The number of nitrogens with zero attached hydrogens (tertiary/aromatic N) is 5. The third-order valence-corrected chi connectivity index (χ3v) is 7.97. The number of anilines is 1. The molecule has 3 aliphatic rings. The number of amides is 2. The highest BCUT2D eigenvalue weighted by atomic mass is 32.2. The quantitative estimate of drug-likeness (QED) is 0.500. The lowest BCUT2D eigenvalue weighted by Crippen LogP contribution is -2.50. The first kappa shape index (κ1) is 24.4. The molecule has 192 valence electrons. The third kappa shape index (κ3) is 4.81. The molecular weight excluding hydrogens is 501 g/mol. The molecule has 0 bridgehead atoms. The smallest absolute Gasteiger partial charge is 0.271 e. The maximum absolute atomic E-state index is 13.3. The van der Waals surface area contributed by atoms with Crippen molar-refractivity contribution in [1.29, 1.82) is 0 Å². The molecule has 0 spiro atoms. The molecule has 0 aromatic heterocycles. The summed E-state index contributed by atoms with van der Waals surface area (Å²) in [5.41, 5.74) is 3.57. The van der Waals surface area contributed by atoms with Crippen molar-refractivity contribution in [2.45, 2.75) is 12.5 Å². The summed E-state index contributed by atoms with van der Waals surface area (Å²) in [5.74, 6) is 0.389. The van der Waals surface area contributed by atoms with Gasteiger partial charge in [-0.2, -0.15) is 4.99 Å². The highest BCUT2D eigenvalue weighted by molar-refractivity contribution is 8.14. The van der Waals surface area contributed by atoms with Gasteiger partial charge in [0.05, 0.1) is 11.4 Å². The fourth-order valence-corrected chi connectivity index (χ4v) is 5.97. The molecule has 0 N–H and O–H groups in total. The maximum atomic E-state index is 13.3. The van der Waals surface area contributed by atoms with Gasteiger partial charge >= 0.3 is 0 Å². The number of hydrogen-bond acceptors (Lipinski definition) is 6. The van der Waals surface area contributed by atoms with Gasteiger partial charge in [-0.25, -0.2) is 9.38 Å². The summed E-state index contributed by atoms with van der Waals surface area (Å²) < 4.78 is 13.3. The van der Waals surface area contributed by atoms with Crippen molar-refractivity contribution in [2.75, 3.05) is 36.8 Å². The lowest BCUT2D eigenvalue weighted by Gasteiger charge is -2.36. The SMILES string of the molecule is O=C1N=C2c3ccccc3N=C(SCC(=O)N3CCN(c4ccc(F)cc4)CC3)N2C1Cc1ccccc1. The Balaban J connectivity index is 1.16. The third-order valence-electron chi connectivity index (χ3n) is 7.03. The Morgan fingerprint density at radius 1 is 0.895 bits per heavy atom. The number of benzene rings is 3. The van der Waals surface area contributed by atoms with E-state index in [4.69, 9.17) is 4.99 Å². The van der Waals surface area contributed by atoms with E-state index in [-0.39, 0.29) is 23.4 Å². The largest absolute Gasteiger partial charge is 0.368 e. The summed E-state index contributed by atoms with van der Waals surface area (Å²) in [6.07, 6.45) is 0.508. The van der Waals surface area contributed by atoms with Crippen LogP contribution < -0.4 is 4.90 Å². The summed E-state index contributed by atoms with van der Waals surface area (Å²) in [4.78, 5) is 41.4. The van der Waals surface area contributed by atoms with Crippen LogP contribution in [0.2, 0.25) is 0 Å². The molecule has 3 heterocycles. The highest BCUT2D eigenvalue weighted by Crippen LogP contribution is 2.35. The highest BCUT2D eigenvalue weighted by Gasteiger charge is 2.42. The van der Waals surface area contributed by atoms with E-state index in [1.807, 2.05) is 64.4 Å². The molecule has 0 saturated carbocycles. The van der Waals surface area contributed by atoms with E-state index >= 15 is 0 Å². The first-order chi connectivity index (χ1) is 18.6. The summed E-state index contributed by atoms with van der Waals surface area (Å²) >= 11 is 1.35. The molecule has 1 saturated heterocycles. The molecule has 6 rings (SSSR count). The second-order valence-corrected chi connectivity index (χ2v) is 10.3. The van der Waals surface area contributed by atoms with Crippen LogP contribution in [-0.2, 0) is 16.0 Å². The number of rotatable bonds is 5. The molecule has 0 radical (unpaired) electrons. The van der Waals surface area contributed by atoms with Gasteiger partial charge in [-0.3, -0.25) is 14.5 Å². The molecule has 1 fully saturated rings. The normalized spacial score (nSPS) is 18.6. The Labute approximate surface area is 224 Å². The number of para-hydroxylation sites is 1. The molecule has 3 aliphatic heterocycles. The minimum Gasteiger partial charge on any atom is -0.368 e. The lowest BCUT2D eigenvalue weighted by molar-refractivity contribution is -0.128. The van der Waals surface area contributed by atoms with Crippen LogP contribution >= 0.6 is 11.8 Å². The van der Waals surface area contributed by atoms with Crippen molar-refractivity contribution in [3.05, 3.63) is 95.8 Å². The van der Waals surface area contributed by atoms with Gasteiger partial charge in [-0.05, 0) is 42.0 Å². The molecule has 3 aromatic carbocycles. The van der Waals surface area contributed by atoms with E-state index in [0.29, 0.717) is 43.6 Å². The zero-order valence-electron chi connectivity index (χ0n) is 20.7. The van der Waals surface area contributed by atoms with Gasteiger partial charge in [0.15, 0.2) is 5.17 Å². The second-order valence-electron chi connectivity index (χ2n) is 9.39. The fourth-order valence-electron chi connectivity index (χ4n) is 5.02. The van der Waals surface area contributed by atoms with Crippen molar-refractivity contribution in [1.82, 2.24) is 9.80 Å². The van der Waals surface area contributed by atoms with Gasteiger partial charge in [0.1, 0.15) is 17.7 Å². The van der Waals surface area contributed by atoms with Gasteiger partial charge in [-0.15, -0.1) is 0 Å². The van der Waals surface area contributed by atoms with Crippen molar-refractivity contribution in [3.63, 3.8) is 0 Å². The molecule has 1 unspecified atom stereocenters. The molecule has 7 nitrogen and oxygen atoms in total. The van der Waals surface area contributed by atoms with Crippen molar-refractivity contribution < 1.29 is 14.0 Å². The number of piperazine rings is 1. The summed E-state index contributed by atoms with van der Waals surface area (Å²) in [5, 5.41) is 0.618. The van der Waals surface area contributed by atoms with E-state index in [2.05, 4.69) is 9.89 Å². The molecule has 9 heteroatoms. The molecule has 3 aromatic rings. The average Bonchev–Trinajstić information content (AvgIpc) is 3.28. The van der Waals surface area contributed by atoms with E-state index in [0.717, 1.165) is 22.5 Å². The van der Waals surface area contributed by atoms with Gasteiger partial charge in [0.25, 0.3) is 5.91 Å². The van der Waals surface area contributed by atoms with Gasteiger partial charge < -0.3 is 9.80 Å². The fraction of sp³-hybridized carbons (Fsp3) is 0.241. The van der Waals surface area contributed by atoms with E-state index in [1.54, 1.807) is 12.1 Å². The van der Waals surface area contributed by atoms with Gasteiger partial charge in [0, 0.05) is 43.9 Å². The number of carbonyl (C=O) groups excluding carboxylic acids is 2. The number of fused-ring (bicyclic) bond motifs is 3. The van der Waals surface area contributed by atoms with Crippen molar-refractivity contribution in [2.24, 2.45) is 9.98 Å². The number of carbonyl (C=O) groups is 2. The predicted octanol–water partition coefficient (Wildman–Crippen LogP) is 4.11. The number of amidine groups is 2. The van der Waals surface area contributed by atoms with Crippen LogP contribution in [0.25, 0.3) is 0 Å². The molecule has 38 heavy (non-hydrogen) atoms. The average molecular weight is 528 g/mol. The second kappa shape index (κ2) is 10.4. The summed E-state index contributed by atoms with van der Waals surface area (Å²) in [6, 6.07) is 23.5. The van der Waals surface area contributed by atoms with Crippen LogP contribution in [-0.4, -0.2) is 70.6 Å². The van der Waals surface area contributed by atoms with E-state index in [9.17, 15) is 14.0 Å². The topological polar surface area (TPSA) is 68.6 Å². The zero-order chi connectivity index (χ0) is 26.1. The van der Waals surface area contributed by atoms with E-state index in [1.165, 1.54) is 23.9 Å². The summed E-state index contributed by atoms with van der Waals surface area (Å²) in [7, 11) is 0. The predicted molar refractivity (Wildman–Crippen MR) is 149 cm³/mol. The van der Waals surface area contributed by atoms with Crippen LogP contribution in [0.3, 0.4) is 0 Å². The maximum Gasteiger partial charge on any atom is 0.271 e. The van der Waals surface area contributed by atoms with Gasteiger partial charge in [0.2, 0.25) is 5.91 Å². The Morgan fingerprint density at radius 2 is 1.61 bits per heavy atom. The summed E-state index contributed by atoms with van der Waals surface area (Å²) in [6.45, 7) is 2.56. The standard InChI is InChI=1S/C29H26FN5O2S/c30-21-10-12-22(13-11-21)33-14-16-34(17-15-33)26(36)19-38-29-31-24-9-5-4-8-23(24)27-32-28(37)25(35(27)29)18-20-6-2-1-3-7-20/h1-13,25H,14-19H2. The zero-order valence-corrected chi connectivity index (χ0v) is 21.5. The lowest BCUT2D eigenvalue weighted by atomic mass is 10.0. The van der Waals surface area contributed by atoms with E-state index < -0.39 is 6.04 Å². The number of aliphatic imine (C=N–C) groups is 2. The monoisotopic (exact) mass is 527 g/mol. The number of halogens is 1. The molecule has 0 aliphatic carbocycles. The Hall–Kier alpha value is -3.98. The number of hydrogen-bond donors (Lipinski definition) is 0. The van der Waals surface area contributed by atoms with Crippen LogP contribution in [0.1, 0.15) is 11.1 Å². The van der Waals surface area contributed by atoms with Crippen LogP contribution in [0.4, 0.5) is 15.8 Å².